The molecule has 1 aromatic carbocycles. The zero-order valence-corrected chi connectivity index (χ0v) is 19.0. The molecule has 32 heavy (non-hydrogen) atoms. The van der Waals surface area contributed by atoms with Crippen LogP contribution in [0.15, 0.2) is 65.4 Å². The Kier molecular flexibility index (Phi) is 6.10. The molecule has 4 heterocycles. The van der Waals surface area contributed by atoms with Gasteiger partial charge in [-0.15, -0.1) is 10.2 Å². The second-order valence-electron chi connectivity index (χ2n) is 8.04. The van der Waals surface area contributed by atoms with E-state index in [9.17, 15) is 0 Å². The number of rotatable bonds is 7. The van der Waals surface area contributed by atoms with E-state index in [2.05, 4.69) is 46.0 Å². The van der Waals surface area contributed by atoms with Crippen molar-refractivity contribution in [2.24, 2.45) is 5.92 Å². The fourth-order valence-corrected chi connectivity index (χ4v) is 4.94. The van der Waals surface area contributed by atoms with Crippen LogP contribution in [0, 0.1) is 5.92 Å². The van der Waals surface area contributed by atoms with Crippen LogP contribution in [0.5, 0.6) is 0 Å². The van der Waals surface area contributed by atoms with Crippen molar-refractivity contribution in [3.8, 4) is 0 Å². The van der Waals surface area contributed by atoms with Gasteiger partial charge < -0.3 is 9.47 Å². The summed E-state index contributed by atoms with van der Waals surface area (Å²) in [6, 6.07) is 12.5. The molecule has 1 fully saturated rings. The third-order valence-electron chi connectivity index (χ3n) is 5.80. The van der Waals surface area contributed by atoms with Crippen molar-refractivity contribution in [3.05, 3.63) is 66.5 Å². The molecule has 0 aliphatic carbocycles. The van der Waals surface area contributed by atoms with Crippen LogP contribution >= 0.6 is 11.8 Å². The van der Waals surface area contributed by atoms with E-state index in [1.165, 1.54) is 5.56 Å². The van der Waals surface area contributed by atoms with Crippen molar-refractivity contribution in [1.82, 2.24) is 19.6 Å². The van der Waals surface area contributed by atoms with Crippen molar-refractivity contribution in [2.45, 2.75) is 36.2 Å². The van der Waals surface area contributed by atoms with Crippen LogP contribution in [0.4, 0.5) is 0 Å². The molecular weight excluding hydrogens is 420 g/mol. The van der Waals surface area contributed by atoms with Gasteiger partial charge in [0.1, 0.15) is 5.76 Å². The Morgan fingerprint density at radius 3 is 2.91 bits per heavy atom. The lowest BCUT2D eigenvalue weighted by Gasteiger charge is -2.21. The van der Waals surface area contributed by atoms with Gasteiger partial charge in [-0.25, -0.2) is 0 Å². The van der Waals surface area contributed by atoms with E-state index in [0.29, 0.717) is 18.3 Å². The van der Waals surface area contributed by atoms with Gasteiger partial charge in [0.05, 0.1) is 12.1 Å². The van der Waals surface area contributed by atoms with Gasteiger partial charge in [0, 0.05) is 41.5 Å². The highest BCUT2D eigenvalue weighted by Gasteiger charge is 2.15. The molecule has 1 aliphatic heterocycles. The molecule has 1 saturated heterocycles. The molecule has 0 amide bonds. The standard InChI is InChI=1S/C25H26N4O2S/c1-3-31-17(2)20-4-7-24-27-28-25(29(24)16-20)32-22-5-6-23-21(14-22)13-19(15-26-23)12-18-8-10-30-11-9-18/h4-7,13-16,18H,2-3,8-12H2,1H3. The maximum Gasteiger partial charge on any atom is 0.200 e. The van der Waals surface area contributed by atoms with E-state index >= 15 is 0 Å². The SMILES string of the molecule is C=C(OCC)c1ccc2nnc(Sc3ccc4ncc(CC5CCOCC5)cc4c3)n2c1. The van der Waals surface area contributed by atoms with Crippen LogP contribution in [-0.2, 0) is 15.9 Å². The molecule has 0 N–H and O–H groups in total. The second-order valence-corrected chi connectivity index (χ2v) is 9.09. The first-order valence-corrected chi connectivity index (χ1v) is 11.8. The Bertz CT molecular complexity index is 1260. The van der Waals surface area contributed by atoms with Gasteiger partial charge in [-0.1, -0.05) is 6.58 Å². The lowest BCUT2D eigenvalue weighted by molar-refractivity contribution is 0.0665. The molecule has 7 heteroatoms. The highest BCUT2D eigenvalue weighted by Crippen LogP contribution is 2.30. The zero-order valence-electron chi connectivity index (χ0n) is 18.2. The summed E-state index contributed by atoms with van der Waals surface area (Å²) in [6.45, 7) is 8.29. The Labute approximate surface area is 191 Å². The topological polar surface area (TPSA) is 61.5 Å². The van der Waals surface area contributed by atoms with Gasteiger partial charge in [-0.3, -0.25) is 9.38 Å². The molecule has 4 aromatic rings. The van der Waals surface area contributed by atoms with E-state index in [4.69, 9.17) is 9.47 Å². The Balaban J connectivity index is 1.40. The smallest absolute Gasteiger partial charge is 0.200 e. The largest absolute Gasteiger partial charge is 0.494 e. The molecule has 0 radical (unpaired) electrons. The van der Waals surface area contributed by atoms with Gasteiger partial charge >= 0.3 is 0 Å². The minimum absolute atomic E-state index is 0.586. The fourth-order valence-electron chi connectivity index (χ4n) is 4.08. The first-order chi connectivity index (χ1) is 15.7. The van der Waals surface area contributed by atoms with Gasteiger partial charge in [0.15, 0.2) is 10.8 Å². The second kappa shape index (κ2) is 9.30. The van der Waals surface area contributed by atoms with Crippen LogP contribution < -0.4 is 0 Å². The number of fused-ring (bicyclic) bond motifs is 2. The number of hydrogen-bond acceptors (Lipinski definition) is 6. The van der Waals surface area contributed by atoms with Crippen molar-refractivity contribution >= 4 is 34.1 Å². The Morgan fingerprint density at radius 1 is 1.19 bits per heavy atom. The van der Waals surface area contributed by atoms with Gasteiger partial charge in [-0.2, -0.15) is 0 Å². The van der Waals surface area contributed by atoms with Crippen LogP contribution in [0.3, 0.4) is 0 Å². The lowest BCUT2D eigenvalue weighted by atomic mass is 9.93. The van der Waals surface area contributed by atoms with Crippen molar-refractivity contribution in [1.29, 1.82) is 0 Å². The maximum absolute atomic E-state index is 5.56. The molecule has 5 rings (SSSR count). The molecule has 0 atom stereocenters. The molecule has 0 unspecified atom stereocenters. The first kappa shape index (κ1) is 21.0. The zero-order chi connectivity index (χ0) is 21.9. The molecule has 1 aliphatic rings. The summed E-state index contributed by atoms with van der Waals surface area (Å²) in [5.74, 6) is 1.33. The third kappa shape index (κ3) is 4.49. The quantitative estimate of drug-likeness (QED) is 0.354. The lowest BCUT2D eigenvalue weighted by Crippen LogP contribution is -2.17. The van der Waals surface area contributed by atoms with E-state index in [0.717, 1.165) is 64.6 Å². The average molecular weight is 447 g/mol. The first-order valence-electron chi connectivity index (χ1n) is 11.0. The summed E-state index contributed by atoms with van der Waals surface area (Å²) in [7, 11) is 0. The molecule has 0 saturated carbocycles. The number of hydrogen-bond donors (Lipinski definition) is 0. The number of pyridine rings is 2. The number of aromatic nitrogens is 4. The van der Waals surface area contributed by atoms with E-state index in [-0.39, 0.29) is 0 Å². The third-order valence-corrected chi connectivity index (χ3v) is 6.75. The summed E-state index contributed by atoms with van der Waals surface area (Å²) in [6.07, 6.45) is 7.32. The number of ether oxygens (including phenoxy) is 2. The molecule has 164 valence electrons. The van der Waals surface area contributed by atoms with Gasteiger partial charge in [-0.05, 0) is 85.8 Å². The number of benzene rings is 1. The normalized spacial score (nSPS) is 14.8. The monoisotopic (exact) mass is 446 g/mol. The summed E-state index contributed by atoms with van der Waals surface area (Å²) >= 11 is 1.59. The highest BCUT2D eigenvalue weighted by molar-refractivity contribution is 7.99. The van der Waals surface area contributed by atoms with Crippen molar-refractivity contribution in [2.75, 3.05) is 19.8 Å². The van der Waals surface area contributed by atoms with E-state index in [1.807, 2.05) is 35.9 Å². The minimum atomic E-state index is 0.586. The van der Waals surface area contributed by atoms with Crippen molar-refractivity contribution < 1.29 is 9.47 Å². The molecule has 3 aromatic heterocycles. The summed E-state index contributed by atoms with van der Waals surface area (Å²) in [5.41, 5.74) is 4.01. The molecular formula is C25H26N4O2S. The Hall–Kier alpha value is -2.90. The van der Waals surface area contributed by atoms with Gasteiger partial charge in [0.2, 0.25) is 0 Å². The van der Waals surface area contributed by atoms with Gasteiger partial charge in [0.25, 0.3) is 0 Å². The molecule has 0 spiro atoms. The predicted molar refractivity (Wildman–Crippen MR) is 127 cm³/mol. The molecule has 0 bridgehead atoms. The van der Waals surface area contributed by atoms with Crippen LogP contribution in [0.2, 0.25) is 0 Å². The predicted octanol–water partition coefficient (Wildman–Crippen LogP) is 5.41. The van der Waals surface area contributed by atoms with E-state index in [1.54, 1.807) is 11.8 Å². The maximum atomic E-state index is 5.56. The average Bonchev–Trinajstić information content (AvgIpc) is 3.21. The minimum Gasteiger partial charge on any atom is -0.494 e. The highest BCUT2D eigenvalue weighted by atomic mass is 32.2. The fraction of sp³-hybridized carbons (Fsp3) is 0.320. The summed E-state index contributed by atoms with van der Waals surface area (Å²) < 4.78 is 13.0. The van der Waals surface area contributed by atoms with Crippen LogP contribution in [0.1, 0.15) is 30.9 Å². The Morgan fingerprint density at radius 2 is 2.06 bits per heavy atom. The molecule has 6 nitrogen and oxygen atoms in total. The van der Waals surface area contributed by atoms with Crippen molar-refractivity contribution in [3.63, 3.8) is 0 Å². The van der Waals surface area contributed by atoms with E-state index < -0.39 is 0 Å². The van der Waals surface area contributed by atoms with Crippen LogP contribution in [-0.4, -0.2) is 39.4 Å². The summed E-state index contributed by atoms with van der Waals surface area (Å²) in [5, 5.41) is 10.6. The number of nitrogens with zero attached hydrogens (tertiary/aromatic N) is 4. The summed E-state index contributed by atoms with van der Waals surface area (Å²) in [4.78, 5) is 5.79. The van der Waals surface area contributed by atoms with Crippen LogP contribution in [0.25, 0.3) is 22.3 Å².